The zero-order chi connectivity index (χ0) is 11.8. The molecule has 0 aliphatic carbocycles. The van der Waals surface area contributed by atoms with Gasteiger partial charge in [-0.15, -0.1) is 12.3 Å². The molecule has 0 saturated heterocycles. The predicted octanol–water partition coefficient (Wildman–Crippen LogP) is 4.23. The van der Waals surface area contributed by atoms with Gasteiger partial charge in [-0.25, -0.2) is 0 Å². The lowest BCUT2D eigenvalue weighted by Crippen LogP contribution is -2.09. The molecule has 16 heavy (non-hydrogen) atoms. The van der Waals surface area contributed by atoms with Gasteiger partial charge in [-0.3, -0.25) is 0 Å². The molecule has 0 heterocycles. The Bertz CT molecular complexity index is 375. The van der Waals surface area contributed by atoms with Gasteiger partial charge in [0.05, 0.1) is 16.1 Å². The quantitative estimate of drug-likeness (QED) is 0.727. The summed E-state index contributed by atoms with van der Waals surface area (Å²) in [5, 5.41) is 0. The molecule has 1 aromatic carbocycles. The monoisotopic (exact) mass is 342 g/mol. The highest BCUT2D eigenvalue weighted by molar-refractivity contribution is 9.28. The molecule has 1 nitrogen and oxygen atoms in total. The highest BCUT2D eigenvalue weighted by Crippen LogP contribution is 2.17. The van der Waals surface area contributed by atoms with Gasteiger partial charge in [-0.1, -0.05) is 30.3 Å². The summed E-state index contributed by atoms with van der Waals surface area (Å²) in [4.78, 5) is 0. The van der Waals surface area contributed by atoms with Gasteiger partial charge in [0.1, 0.15) is 0 Å². The molecule has 0 aliphatic rings. The molecular formula is C13H12Br2O. The van der Waals surface area contributed by atoms with Crippen LogP contribution in [0.4, 0.5) is 0 Å². The Hall–Kier alpha value is -0.560. The molecule has 0 bridgehead atoms. The highest BCUT2D eigenvalue weighted by atomic mass is 79.9. The van der Waals surface area contributed by atoms with Gasteiger partial charge in [0.25, 0.3) is 0 Å². The predicted molar refractivity (Wildman–Crippen MR) is 74.4 cm³/mol. The van der Waals surface area contributed by atoms with Gasteiger partial charge in [-0.2, -0.15) is 0 Å². The first kappa shape index (κ1) is 13.5. The van der Waals surface area contributed by atoms with E-state index in [0.29, 0.717) is 13.0 Å². The van der Waals surface area contributed by atoms with Gasteiger partial charge in [0, 0.05) is 6.42 Å². The molecule has 0 saturated carbocycles. The minimum atomic E-state index is -0.0704. The van der Waals surface area contributed by atoms with Crippen molar-refractivity contribution in [1.29, 1.82) is 0 Å². The lowest BCUT2D eigenvalue weighted by atomic mass is 10.2. The van der Waals surface area contributed by atoms with Crippen molar-refractivity contribution < 1.29 is 4.74 Å². The first-order chi connectivity index (χ1) is 7.72. The summed E-state index contributed by atoms with van der Waals surface area (Å²) in [7, 11) is 0. The van der Waals surface area contributed by atoms with Crippen LogP contribution in [0, 0.1) is 12.3 Å². The third-order valence-electron chi connectivity index (χ3n) is 1.94. The largest absolute Gasteiger partial charge is 0.368 e. The average molecular weight is 344 g/mol. The summed E-state index contributed by atoms with van der Waals surface area (Å²) in [6.07, 6.45) is 7.68. The third-order valence-corrected chi connectivity index (χ3v) is 2.47. The topological polar surface area (TPSA) is 9.23 Å². The molecule has 84 valence electrons. The SMILES string of the molecule is C#CCC(C=C(Br)Br)OCc1ccccc1. The van der Waals surface area contributed by atoms with E-state index in [1.807, 2.05) is 36.4 Å². The fourth-order valence-electron chi connectivity index (χ4n) is 1.20. The van der Waals surface area contributed by atoms with Crippen LogP contribution in [0.3, 0.4) is 0 Å². The summed E-state index contributed by atoms with van der Waals surface area (Å²) < 4.78 is 6.56. The maximum atomic E-state index is 5.70. The molecule has 1 rings (SSSR count). The molecule has 0 radical (unpaired) electrons. The normalized spacial score (nSPS) is 11.6. The Balaban J connectivity index is 2.51. The number of terminal acetylenes is 1. The molecule has 0 amide bonds. The van der Waals surface area contributed by atoms with E-state index in [0.717, 1.165) is 8.96 Å². The van der Waals surface area contributed by atoms with Crippen molar-refractivity contribution in [2.45, 2.75) is 19.1 Å². The summed E-state index contributed by atoms with van der Waals surface area (Å²) >= 11 is 6.60. The maximum Gasteiger partial charge on any atom is 0.0888 e. The fraction of sp³-hybridized carbons (Fsp3) is 0.231. The van der Waals surface area contributed by atoms with Crippen molar-refractivity contribution in [3.05, 3.63) is 45.4 Å². The number of hydrogen-bond acceptors (Lipinski definition) is 1. The van der Waals surface area contributed by atoms with Crippen LogP contribution in [0.1, 0.15) is 12.0 Å². The van der Waals surface area contributed by atoms with Crippen LogP contribution < -0.4 is 0 Å². The van der Waals surface area contributed by atoms with Crippen molar-refractivity contribution in [2.24, 2.45) is 0 Å². The van der Waals surface area contributed by atoms with Gasteiger partial charge >= 0.3 is 0 Å². The summed E-state index contributed by atoms with van der Waals surface area (Å²) in [6, 6.07) is 10.0. The number of benzene rings is 1. The smallest absolute Gasteiger partial charge is 0.0888 e. The van der Waals surface area contributed by atoms with Gasteiger partial charge in [0.15, 0.2) is 0 Å². The molecule has 3 heteroatoms. The number of ether oxygens (including phenoxy) is 1. The van der Waals surface area contributed by atoms with E-state index >= 15 is 0 Å². The molecule has 1 unspecified atom stereocenters. The average Bonchev–Trinajstić information content (AvgIpc) is 2.27. The molecule has 0 aliphatic heterocycles. The van der Waals surface area contributed by atoms with Crippen molar-refractivity contribution in [3.8, 4) is 12.3 Å². The zero-order valence-corrected chi connectivity index (χ0v) is 11.9. The Morgan fingerprint density at radius 2 is 2.06 bits per heavy atom. The van der Waals surface area contributed by atoms with Crippen LogP contribution in [0.25, 0.3) is 0 Å². The minimum Gasteiger partial charge on any atom is -0.368 e. The van der Waals surface area contributed by atoms with Crippen LogP contribution in [-0.2, 0) is 11.3 Å². The molecule has 0 aromatic heterocycles. The molecule has 1 atom stereocenters. The molecule has 1 aromatic rings. The highest BCUT2D eigenvalue weighted by Gasteiger charge is 2.05. The second kappa shape index (κ2) is 7.67. The Kier molecular flexibility index (Phi) is 6.47. The van der Waals surface area contributed by atoms with Crippen LogP contribution in [0.5, 0.6) is 0 Å². The number of rotatable bonds is 5. The maximum absolute atomic E-state index is 5.70. The van der Waals surface area contributed by atoms with Crippen molar-refractivity contribution in [1.82, 2.24) is 0 Å². The van der Waals surface area contributed by atoms with Crippen molar-refractivity contribution >= 4 is 31.9 Å². The second-order valence-electron chi connectivity index (χ2n) is 3.20. The fourth-order valence-corrected chi connectivity index (χ4v) is 1.79. The Morgan fingerprint density at radius 3 is 2.62 bits per heavy atom. The van der Waals surface area contributed by atoms with E-state index in [9.17, 15) is 0 Å². The van der Waals surface area contributed by atoms with E-state index in [2.05, 4.69) is 37.8 Å². The first-order valence-corrected chi connectivity index (χ1v) is 6.43. The number of hydrogen-bond donors (Lipinski definition) is 0. The van der Waals surface area contributed by atoms with E-state index < -0.39 is 0 Å². The second-order valence-corrected chi connectivity index (χ2v) is 5.97. The van der Waals surface area contributed by atoms with Crippen molar-refractivity contribution in [2.75, 3.05) is 0 Å². The lowest BCUT2D eigenvalue weighted by Gasteiger charge is -2.11. The molecule has 0 spiro atoms. The van der Waals surface area contributed by atoms with Gasteiger partial charge < -0.3 is 4.74 Å². The summed E-state index contributed by atoms with van der Waals surface area (Å²) in [6.45, 7) is 0.566. The van der Waals surface area contributed by atoms with Gasteiger partial charge in [0.2, 0.25) is 0 Å². The van der Waals surface area contributed by atoms with E-state index in [4.69, 9.17) is 11.2 Å². The Morgan fingerprint density at radius 1 is 1.38 bits per heavy atom. The first-order valence-electron chi connectivity index (χ1n) is 4.84. The summed E-state index contributed by atoms with van der Waals surface area (Å²) in [5.74, 6) is 2.60. The zero-order valence-electron chi connectivity index (χ0n) is 8.70. The number of halogens is 2. The van der Waals surface area contributed by atoms with E-state index in [-0.39, 0.29) is 6.10 Å². The van der Waals surface area contributed by atoms with Crippen LogP contribution in [0.15, 0.2) is 39.8 Å². The molecule has 0 N–H and O–H groups in total. The van der Waals surface area contributed by atoms with Crippen LogP contribution >= 0.6 is 31.9 Å². The lowest BCUT2D eigenvalue weighted by molar-refractivity contribution is 0.0754. The van der Waals surface area contributed by atoms with E-state index in [1.165, 1.54) is 0 Å². The van der Waals surface area contributed by atoms with Crippen LogP contribution in [0.2, 0.25) is 0 Å². The third kappa shape index (κ3) is 5.50. The van der Waals surface area contributed by atoms with E-state index in [1.54, 1.807) is 0 Å². The van der Waals surface area contributed by atoms with Crippen LogP contribution in [-0.4, -0.2) is 6.10 Å². The molecular weight excluding hydrogens is 332 g/mol. The minimum absolute atomic E-state index is 0.0704. The Labute approximate surface area is 113 Å². The summed E-state index contributed by atoms with van der Waals surface area (Å²) in [5.41, 5.74) is 1.14. The van der Waals surface area contributed by atoms with Crippen molar-refractivity contribution in [3.63, 3.8) is 0 Å². The molecule has 0 fully saturated rings. The van der Waals surface area contributed by atoms with Gasteiger partial charge in [-0.05, 0) is 43.5 Å². The standard InChI is InChI=1S/C13H12Br2O/c1-2-6-12(9-13(14)15)16-10-11-7-4-3-5-8-11/h1,3-5,7-9,12H,6,10H2.